The second-order valence-corrected chi connectivity index (χ2v) is 8.11. The van der Waals surface area contributed by atoms with Gasteiger partial charge in [0.05, 0.1) is 21.4 Å². The van der Waals surface area contributed by atoms with Crippen LogP contribution < -0.4 is 5.32 Å². The number of ketones is 1. The summed E-state index contributed by atoms with van der Waals surface area (Å²) in [5.74, 6) is -0.313. The van der Waals surface area contributed by atoms with Crippen LogP contribution in [0, 0.1) is 11.7 Å². The Hall–Kier alpha value is -2.84. The Morgan fingerprint density at radius 2 is 1.93 bits per heavy atom. The number of nitrogens with one attached hydrogen (secondary N) is 1. The molecule has 1 aliphatic rings. The number of nitrogens with zero attached hydrogens (tertiary/aromatic N) is 2. The number of ether oxygens (including phenoxy) is 1. The lowest BCUT2D eigenvalue weighted by Gasteiger charge is -2.31. The summed E-state index contributed by atoms with van der Waals surface area (Å²) in [6.45, 7) is 2.43. The zero-order valence-corrected chi connectivity index (χ0v) is 17.2. The maximum atomic E-state index is 13.0. The van der Waals surface area contributed by atoms with Crippen molar-refractivity contribution >= 4 is 39.1 Å². The van der Waals surface area contributed by atoms with E-state index in [2.05, 4.69) is 15.2 Å². The molecule has 2 aromatic carbocycles. The number of thiazole rings is 1. The zero-order chi connectivity index (χ0) is 20.9. The standard InChI is InChI=1S/C22H22FN3O3S/c23-17-6-4-15(5-7-17)20(27)16-8-10-26(11-9-16)12-13-29-22(28)25-19-3-1-2-18-21(19)30-14-24-18/h1-7,14,16H,8-13H2,(H,25,28). The van der Waals surface area contributed by atoms with Gasteiger partial charge >= 0.3 is 6.09 Å². The van der Waals surface area contributed by atoms with Crippen molar-refractivity contribution in [2.24, 2.45) is 5.92 Å². The normalized spacial score (nSPS) is 15.2. The number of benzene rings is 2. The highest BCUT2D eigenvalue weighted by Crippen LogP contribution is 2.26. The number of hydrogen-bond donors (Lipinski definition) is 1. The van der Waals surface area contributed by atoms with E-state index < -0.39 is 6.09 Å². The summed E-state index contributed by atoms with van der Waals surface area (Å²) < 4.78 is 19.3. The van der Waals surface area contributed by atoms with Crippen molar-refractivity contribution in [3.8, 4) is 0 Å². The summed E-state index contributed by atoms with van der Waals surface area (Å²) in [4.78, 5) is 31.1. The van der Waals surface area contributed by atoms with E-state index in [9.17, 15) is 14.0 Å². The number of carbonyl (C=O) groups excluding carboxylic acids is 2. The monoisotopic (exact) mass is 427 g/mol. The summed E-state index contributed by atoms with van der Waals surface area (Å²) in [5.41, 5.74) is 3.84. The topological polar surface area (TPSA) is 71.5 Å². The Labute approximate surface area is 177 Å². The number of aromatic nitrogens is 1. The molecule has 0 aliphatic carbocycles. The average Bonchev–Trinajstić information content (AvgIpc) is 3.24. The highest BCUT2D eigenvalue weighted by molar-refractivity contribution is 7.17. The van der Waals surface area contributed by atoms with E-state index in [0.29, 0.717) is 17.8 Å². The van der Waals surface area contributed by atoms with Gasteiger partial charge in [-0.1, -0.05) is 6.07 Å². The Morgan fingerprint density at radius 3 is 2.70 bits per heavy atom. The van der Waals surface area contributed by atoms with Crippen molar-refractivity contribution in [2.75, 3.05) is 31.6 Å². The minimum atomic E-state index is -0.489. The van der Waals surface area contributed by atoms with Gasteiger partial charge in [0.25, 0.3) is 0 Å². The van der Waals surface area contributed by atoms with Crippen molar-refractivity contribution in [3.05, 3.63) is 59.4 Å². The van der Waals surface area contributed by atoms with Crippen LogP contribution in [0.1, 0.15) is 23.2 Å². The van der Waals surface area contributed by atoms with Crippen LogP contribution in [0.2, 0.25) is 0 Å². The zero-order valence-electron chi connectivity index (χ0n) is 16.3. The van der Waals surface area contributed by atoms with E-state index in [1.54, 1.807) is 17.6 Å². The first-order valence-electron chi connectivity index (χ1n) is 9.88. The van der Waals surface area contributed by atoms with Crippen LogP contribution in [0.25, 0.3) is 10.2 Å². The van der Waals surface area contributed by atoms with Crippen molar-refractivity contribution in [1.29, 1.82) is 0 Å². The summed E-state index contributed by atoms with van der Waals surface area (Å²) in [5, 5.41) is 2.77. The van der Waals surface area contributed by atoms with Gasteiger partial charge < -0.3 is 4.74 Å². The fourth-order valence-corrected chi connectivity index (χ4v) is 4.43. The molecule has 0 spiro atoms. The number of hydrogen-bond acceptors (Lipinski definition) is 6. The molecule has 30 heavy (non-hydrogen) atoms. The van der Waals surface area contributed by atoms with Crippen LogP contribution in [0.5, 0.6) is 0 Å². The van der Waals surface area contributed by atoms with Crippen molar-refractivity contribution < 1.29 is 18.7 Å². The average molecular weight is 428 g/mol. The van der Waals surface area contributed by atoms with E-state index in [-0.39, 0.29) is 24.1 Å². The minimum absolute atomic E-state index is 0.0455. The second-order valence-electron chi connectivity index (χ2n) is 7.25. The van der Waals surface area contributed by atoms with Gasteiger partial charge in [-0.25, -0.2) is 14.2 Å². The summed E-state index contributed by atoms with van der Waals surface area (Å²) in [7, 11) is 0. The molecule has 3 aromatic rings. The molecule has 0 radical (unpaired) electrons. The van der Waals surface area contributed by atoms with Gasteiger partial charge in [-0.2, -0.15) is 0 Å². The molecule has 1 fully saturated rings. The molecular formula is C22H22FN3O3S. The molecule has 4 rings (SSSR count). The molecule has 6 nitrogen and oxygen atoms in total. The maximum Gasteiger partial charge on any atom is 0.411 e. The number of piperidine rings is 1. The van der Waals surface area contributed by atoms with Gasteiger partial charge in [0.1, 0.15) is 12.4 Å². The number of Topliss-reactive ketones (excluding diaryl/α,β-unsaturated/α-hetero) is 1. The van der Waals surface area contributed by atoms with Crippen LogP contribution in [-0.4, -0.2) is 48.0 Å². The largest absolute Gasteiger partial charge is 0.448 e. The molecule has 0 bridgehead atoms. The van der Waals surface area contributed by atoms with Gasteiger partial charge in [-0.05, 0) is 62.3 Å². The lowest BCUT2D eigenvalue weighted by Crippen LogP contribution is -2.38. The van der Waals surface area contributed by atoms with Crippen LogP contribution in [0.3, 0.4) is 0 Å². The summed E-state index contributed by atoms with van der Waals surface area (Å²) >= 11 is 1.47. The SMILES string of the molecule is O=C(Nc1cccc2ncsc12)OCCN1CCC(C(=O)c2ccc(F)cc2)CC1. The predicted molar refractivity (Wildman–Crippen MR) is 114 cm³/mol. The fourth-order valence-electron chi connectivity index (χ4n) is 3.67. The third-order valence-corrected chi connectivity index (χ3v) is 6.20. The lowest BCUT2D eigenvalue weighted by atomic mass is 9.89. The molecule has 1 saturated heterocycles. The van der Waals surface area contributed by atoms with Crippen LogP contribution >= 0.6 is 11.3 Å². The molecule has 8 heteroatoms. The first-order valence-corrected chi connectivity index (χ1v) is 10.8. The molecule has 0 unspecified atom stereocenters. The molecule has 0 atom stereocenters. The Balaban J connectivity index is 1.19. The summed E-state index contributed by atoms with van der Waals surface area (Å²) in [6.07, 6.45) is 1.00. The van der Waals surface area contributed by atoms with E-state index in [0.717, 1.165) is 36.1 Å². The Bertz CT molecular complexity index is 1030. The highest BCUT2D eigenvalue weighted by Gasteiger charge is 2.25. The Kier molecular flexibility index (Phi) is 6.35. The van der Waals surface area contributed by atoms with E-state index in [1.807, 2.05) is 18.2 Å². The van der Waals surface area contributed by atoms with Gasteiger partial charge in [0, 0.05) is 18.0 Å². The van der Waals surface area contributed by atoms with E-state index in [4.69, 9.17) is 4.74 Å². The first-order chi connectivity index (χ1) is 14.6. The number of fused-ring (bicyclic) bond motifs is 1. The predicted octanol–water partition coefficient (Wildman–Crippen LogP) is 4.58. The van der Waals surface area contributed by atoms with Gasteiger partial charge in [-0.15, -0.1) is 11.3 Å². The molecular weight excluding hydrogens is 405 g/mol. The van der Waals surface area contributed by atoms with Gasteiger partial charge in [0.15, 0.2) is 5.78 Å². The van der Waals surface area contributed by atoms with Gasteiger partial charge in [-0.3, -0.25) is 15.0 Å². The third-order valence-electron chi connectivity index (χ3n) is 5.32. The van der Waals surface area contributed by atoms with Crippen LogP contribution in [0.15, 0.2) is 48.0 Å². The maximum absolute atomic E-state index is 13.0. The molecule has 1 aromatic heterocycles. The molecule has 1 N–H and O–H groups in total. The number of amides is 1. The summed E-state index contributed by atoms with van der Waals surface area (Å²) in [6, 6.07) is 11.3. The van der Waals surface area contributed by atoms with E-state index in [1.165, 1.54) is 23.5 Å². The minimum Gasteiger partial charge on any atom is -0.448 e. The van der Waals surface area contributed by atoms with Crippen LogP contribution in [0.4, 0.5) is 14.9 Å². The van der Waals surface area contributed by atoms with Crippen LogP contribution in [-0.2, 0) is 4.74 Å². The highest BCUT2D eigenvalue weighted by atomic mass is 32.1. The third kappa shape index (κ3) is 4.83. The van der Waals surface area contributed by atoms with Gasteiger partial charge in [0.2, 0.25) is 0 Å². The van der Waals surface area contributed by atoms with Crippen molar-refractivity contribution in [2.45, 2.75) is 12.8 Å². The van der Waals surface area contributed by atoms with E-state index >= 15 is 0 Å². The number of rotatable bonds is 6. The smallest absolute Gasteiger partial charge is 0.411 e. The van der Waals surface area contributed by atoms with Crippen molar-refractivity contribution in [3.63, 3.8) is 0 Å². The molecule has 1 aliphatic heterocycles. The molecule has 156 valence electrons. The first kappa shape index (κ1) is 20.4. The van der Waals surface area contributed by atoms with Crippen molar-refractivity contribution in [1.82, 2.24) is 9.88 Å². The molecule has 2 heterocycles. The quantitative estimate of drug-likeness (QED) is 0.583. The fraction of sp³-hybridized carbons (Fsp3) is 0.318. The number of halogens is 1. The number of carbonyl (C=O) groups is 2. The number of anilines is 1. The Morgan fingerprint density at radius 1 is 1.17 bits per heavy atom. The lowest BCUT2D eigenvalue weighted by molar-refractivity contribution is 0.0813. The molecule has 0 saturated carbocycles. The molecule has 1 amide bonds. The second kappa shape index (κ2) is 9.32. The number of likely N-dealkylation sites (tertiary alicyclic amines) is 1.